The van der Waals surface area contributed by atoms with Crippen molar-refractivity contribution in [3.63, 3.8) is 0 Å². The lowest BCUT2D eigenvalue weighted by Gasteiger charge is -1.91. The van der Waals surface area contributed by atoms with Crippen molar-refractivity contribution in [2.45, 2.75) is 0 Å². The van der Waals surface area contributed by atoms with Crippen LogP contribution in [0.1, 0.15) is 0 Å². The minimum atomic E-state index is -0.816. The van der Waals surface area contributed by atoms with Gasteiger partial charge in [0, 0.05) is 5.75 Å². The average molecular weight is 175 g/mol. The third-order valence-electron chi connectivity index (χ3n) is 0.290. The molecule has 0 bridgehead atoms. The second-order valence-corrected chi connectivity index (χ2v) is 7.40. The fourth-order valence-electron chi connectivity index (χ4n) is 0.109. The van der Waals surface area contributed by atoms with E-state index in [2.05, 4.69) is 6.58 Å². The van der Waals surface area contributed by atoms with Gasteiger partial charge in [0.15, 0.2) is 0 Å². The molecular formula is C3H5Cl2PS. The van der Waals surface area contributed by atoms with Gasteiger partial charge in [-0.05, 0) is 0 Å². The molecule has 0 saturated heterocycles. The molecule has 0 atom stereocenters. The van der Waals surface area contributed by atoms with Crippen molar-refractivity contribution in [3.05, 3.63) is 12.7 Å². The van der Waals surface area contributed by atoms with Crippen LogP contribution in [-0.4, -0.2) is 5.75 Å². The van der Waals surface area contributed by atoms with Gasteiger partial charge < -0.3 is 0 Å². The lowest BCUT2D eigenvalue weighted by Crippen LogP contribution is -1.55. The van der Waals surface area contributed by atoms with E-state index in [4.69, 9.17) is 22.5 Å². The highest BCUT2D eigenvalue weighted by Crippen LogP contribution is 2.58. The van der Waals surface area contributed by atoms with E-state index in [9.17, 15) is 0 Å². The first-order chi connectivity index (χ1) is 3.27. The molecule has 0 unspecified atom stereocenters. The highest BCUT2D eigenvalue weighted by molar-refractivity contribution is 8.70. The van der Waals surface area contributed by atoms with E-state index in [1.165, 1.54) is 11.4 Å². The first kappa shape index (κ1) is 8.10. The maximum atomic E-state index is 5.40. The van der Waals surface area contributed by atoms with Crippen LogP contribution in [0.15, 0.2) is 12.7 Å². The second kappa shape index (κ2) is 5.24. The average Bonchev–Trinajstić information content (AvgIpc) is 1.61. The van der Waals surface area contributed by atoms with Gasteiger partial charge in [-0.3, -0.25) is 0 Å². The normalized spacial score (nSPS) is 9.57. The molecule has 7 heavy (non-hydrogen) atoms. The quantitative estimate of drug-likeness (QED) is 0.466. The summed E-state index contributed by atoms with van der Waals surface area (Å²) in [6.45, 7) is 3.50. The molecular weight excluding hydrogens is 170 g/mol. The van der Waals surface area contributed by atoms with Crippen LogP contribution in [0.3, 0.4) is 0 Å². The molecule has 0 saturated carbocycles. The topological polar surface area (TPSA) is 0 Å². The van der Waals surface area contributed by atoms with Crippen LogP contribution in [0.2, 0.25) is 0 Å². The molecule has 0 heterocycles. The van der Waals surface area contributed by atoms with Crippen molar-refractivity contribution < 1.29 is 0 Å². The molecule has 42 valence electrons. The van der Waals surface area contributed by atoms with Crippen molar-refractivity contribution in [1.82, 2.24) is 0 Å². The summed E-state index contributed by atoms with van der Waals surface area (Å²) in [5.74, 6) is 0.0294. The van der Waals surface area contributed by atoms with Gasteiger partial charge in [-0.15, -0.1) is 6.58 Å². The molecule has 0 rings (SSSR count). The largest absolute Gasteiger partial charge is 0.145 e. The lowest BCUT2D eigenvalue weighted by molar-refractivity contribution is 1.84. The van der Waals surface area contributed by atoms with Crippen LogP contribution >= 0.6 is 39.7 Å². The number of halogens is 2. The van der Waals surface area contributed by atoms with Gasteiger partial charge in [0.25, 0.3) is 0 Å². The first-order valence-electron chi connectivity index (χ1n) is 1.63. The van der Waals surface area contributed by atoms with Crippen LogP contribution in [0.4, 0.5) is 0 Å². The molecule has 0 aliphatic carbocycles. The summed E-state index contributed by atoms with van der Waals surface area (Å²) in [4.78, 5) is 0. The molecule has 0 aromatic carbocycles. The Morgan fingerprint density at radius 1 is 1.71 bits per heavy atom. The SMILES string of the molecule is C=CCSP(Cl)Cl. The van der Waals surface area contributed by atoms with Gasteiger partial charge in [-0.2, -0.15) is 0 Å². The molecule has 0 aliphatic rings. The fourth-order valence-corrected chi connectivity index (χ4v) is 2.00. The number of rotatable bonds is 3. The molecule has 0 amide bonds. The monoisotopic (exact) mass is 174 g/mol. The minimum absolute atomic E-state index is 0.816. The second-order valence-electron chi connectivity index (χ2n) is 0.786. The van der Waals surface area contributed by atoms with Gasteiger partial charge in [0.2, 0.25) is 0 Å². The van der Waals surface area contributed by atoms with Crippen molar-refractivity contribution in [2.75, 3.05) is 5.75 Å². The molecule has 0 fully saturated rings. The third kappa shape index (κ3) is 7.10. The van der Waals surface area contributed by atoms with Crippen molar-refractivity contribution in [2.24, 2.45) is 0 Å². The zero-order valence-electron chi connectivity index (χ0n) is 3.60. The highest BCUT2D eigenvalue weighted by atomic mass is 35.9. The van der Waals surface area contributed by atoms with Crippen molar-refractivity contribution in [1.29, 1.82) is 0 Å². The van der Waals surface area contributed by atoms with E-state index >= 15 is 0 Å². The Morgan fingerprint density at radius 2 is 2.29 bits per heavy atom. The van der Waals surface area contributed by atoms with Gasteiger partial charge in [-0.25, -0.2) is 0 Å². The van der Waals surface area contributed by atoms with Gasteiger partial charge in [-0.1, -0.05) is 39.9 Å². The molecule has 0 aliphatic heterocycles. The Bertz CT molecular complexity index is 56.9. The Kier molecular flexibility index (Phi) is 6.06. The Balaban J connectivity index is 2.81. The number of hydrogen-bond donors (Lipinski definition) is 0. The third-order valence-corrected chi connectivity index (χ3v) is 3.66. The van der Waals surface area contributed by atoms with E-state index in [0.717, 1.165) is 5.75 Å². The highest BCUT2D eigenvalue weighted by Gasteiger charge is 1.93. The van der Waals surface area contributed by atoms with Gasteiger partial charge in [0.1, 0.15) is 5.83 Å². The van der Waals surface area contributed by atoms with E-state index < -0.39 is 5.83 Å². The summed E-state index contributed by atoms with van der Waals surface area (Å²) in [6.07, 6.45) is 1.78. The fraction of sp³-hybridized carbons (Fsp3) is 0.333. The minimum Gasteiger partial charge on any atom is -0.102 e. The molecule has 4 heteroatoms. The summed E-state index contributed by atoms with van der Waals surface area (Å²) >= 11 is 12.3. The summed E-state index contributed by atoms with van der Waals surface area (Å²) in [5, 5.41) is 0. The van der Waals surface area contributed by atoms with Gasteiger partial charge >= 0.3 is 0 Å². The maximum absolute atomic E-state index is 5.40. The van der Waals surface area contributed by atoms with E-state index in [1.54, 1.807) is 6.08 Å². The van der Waals surface area contributed by atoms with Crippen LogP contribution in [0.5, 0.6) is 0 Å². The Morgan fingerprint density at radius 3 is 2.43 bits per heavy atom. The van der Waals surface area contributed by atoms with Crippen LogP contribution in [0, 0.1) is 0 Å². The molecule has 0 radical (unpaired) electrons. The Hall–Kier alpha value is 1.10. The van der Waals surface area contributed by atoms with Crippen molar-refractivity contribution in [3.8, 4) is 0 Å². The summed E-state index contributed by atoms with van der Waals surface area (Å²) < 4.78 is 0. The molecule has 0 spiro atoms. The lowest BCUT2D eigenvalue weighted by atomic mass is 10.8. The van der Waals surface area contributed by atoms with Crippen LogP contribution in [-0.2, 0) is 0 Å². The van der Waals surface area contributed by atoms with Crippen molar-refractivity contribution >= 4 is 39.7 Å². The molecule has 0 aromatic heterocycles. The molecule has 0 aromatic rings. The smallest absolute Gasteiger partial charge is 0.102 e. The Labute approximate surface area is 58.3 Å². The summed E-state index contributed by atoms with van der Waals surface area (Å²) in [5.41, 5.74) is 0. The predicted molar refractivity (Wildman–Crippen MR) is 41.3 cm³/mol. The number of hydrogen-bond acceptors (Lipinski definition) is 1. The predicted octanol–water partition coefficient (Wildman–Crippen LogP) is 3.61. The summed E-state index contributed by atoms with van der Waals surface area (Å²) in [7, 11) is 0. The van der Waals surface area contributed by atoms with Crippen LogP contribution < -0.4 is 0 Å². The summed E-state index contributed by atoms with van der Waals surface area (Å²) in [6, 6.07) is 0. The van der Waals surface area contributed by atoms with E-state index in [0.29, 0.717) is 0 Å². The van der Waals surface area contributed by atoms with E-state index in [1.807, 2.05) is 0 Å². The van der Waals surface area contributed by atoms with Gasteiger partial charge in [0.05, 0.1) is 0 Å². The zero-order valence-corrected chi connectivity index (χ0v) is 6.83. The van der Waals surface area contributed by atoms with Crippen LogP contribution in [0.25, 0.3) is 0 Å². The van der Waals surface area contributed by atoms with E-state index in [-0.39, 0.29) is 0 Å². The standard InChI is InChI=1S/C3H5Cl2PS/c1-2-3-7-6(4)5/h2H,1,3H2. The zero-order chi connectivity index (χ0) is 5.70. The molecule has 0 nitrogen and oxygen atoms in total. The molecule has 0 N–H and O–H groups in total. The first-order valence-corrected chi connectivity index (χ1v) is 6.37. The maximum Gasteiger partial charge on any atom is 0.145 e.